The molecule has 2 aromatic heterocycles. The maximum absolute atomic E-state index is 13.0. The second-order valence-corrected chi connectivity index (χ2v) is 7.96. The summed E-state index contributed by atoms with van der Waals surface area (Å²) < 4.78 is 0.995. The highest BCUT2D eigenvalue weighted by atomic mass is 35.5. The molecule has 1 amide bonds. The Morgan fingerprint density at radius 3 is 2.62 bits per heavy atom. The van der Waals surface area contributed by atoms with Crippen LogP contribution < -0.4 is 4.90 Å². The Bertz CT molecular complexity index is 847. The van der Waals surface area contributed by atoms with E-state index < -0.39 is 0 Å². The number of hydrogen-bond donors (Lipinski definition) is 0. The number of halogens is 2. The molecule has 0 N–H and O–H groups in total. The molecule has 3 aromatic rings. The summed E-state index contributed by atoms with van der Waals surface area (Å²) in [6.07, 6.45) is 0. The van der Waals surface area contributed by atoms with Gasteiger partial charge in [0.05, 0.1) is 15.1 Å². The van der Waals surface area contributed by atoms with Crippen LogP contribution >= 0.6 is 46.7 Å². The van der Waals surface area contributed by atoms with E-state index in [9.17, 15) is 4.79 Å². The molecule has 0 saturated carbocycles. The first kappa shape index (κ1) is 21.1. The van der Waals surface area contributed by atoms with Crippen LogP contribution in [0.2, 0.25) is 5.02 Å². The number of carbonyl (C=O) groups is 1. The van der Waals surface area contributed by atoms with Gasteiger partial charge in [0.2, 0.25) is 0 Å². The van der Waals surface area contributed by atoms with Crippen LogP contribution in [-0.2, 0) is 0 Å². The van der Waals surface area contributed by atoms with E-state index in [0.717, 1.165) is 39.9 Å². The molecule has 0 radical (unpaired) electrons. The van der Waals surface area contributed by atoms with Crippen molar-refractivity contribution in [2.24, 2.45) is 0 Å². The van der Waals surface area contributed by atoms with Gasteiger partial charge in [0.15, 0.2) is 5.13 Å². The number of likely N-dealkylation sites (N-methyl/N-ethyl adjacent to an activating group) is 1. The van der Waals surface area contributed by atoms with Gasteiger partial charge in [0.25, 0.3) is 5.91 Å². The van der Waals surface area contributed by atoms with Gasteiger partial charge in [0.1, 0.15) is 0 Å². The minimum atomic E-state index is 0. The van der Waals surface area contributed by atoms with Crippen molar-refractivity contribution < 1.29 is 4.79 Å². The molecule has 0 aliphatic carbocycles. The molecule has 1 aromatic carbocycles. The van der Waals surface area contributed by atoms with Crippen molar-refractivity contribution in [2.45, 2.75) is 13.8 Å². The summed E-state index contributed by atoms with van der Waals surface area (Å²) in [5.41, 5.74) is 0.871. The Morgan fingerprint density at radius 1 is 1.19 bits per heavy atom. The molecule has 3 rings (SSSR count). The molecule has 0 bridgehead atoms. The van der Waals surface area contributed by atoms with Crippen LogP contribution in [0.3, 0.4) is 0 Å². The van der Waals surface area contributed by atoms with E-state index >= 15 is 0 Å². The Hall–Kier alpha value is -1.18. The number of benzene rings is 1. The molecule has 0 atom stereocenters. The quantitative estimate of drug-likeness (QED) is 0.502. The first-order valence-corrected chi connectivity index (χ1v) is 10.3. The van der Waals surface area contributed by atoms with Crippen LogP contribution in [0.25, 0.3) is 10.2 Å². The van der Waals surface area contributed by atoms with Gasteiger partial charge in [-0.05, 0) is 42.7 Å². The predicted octanol–water partition coefficient (Wildman–Crippen LogP) is 5.42. The maximum atomic E-state index is 13.0. The van der Waals surface area contributed by atoms with Crippen molar-refractivity contribution in [1.29, 1.82) is 0 Å². The van der Waals surface area contributed by atoms with Crippen molar-refractivity contribution in [3.8, 4) is 0 Å². The third-order valence-corrected chi connectivity index (χ3v) is 6.22. The summed E-state index contributed by atoms with van der Waals surface area (Å²) >= 11 is 9.05. The third kappa shape index (κ3) is 4.75. The predicted molar refractivity (Wildman–Crippen MR) is 116 cm³/mol. The zero-order valence-electron chi connectivity index (χ0n) is 14.6. The second kappa shape index (κ2) is 9.67. The zero-order valence-corrected chi connectivity index (χ0v) is 17.9. The topological polar surface area (TPSA) is 36.4 Å². The Balaban J connectivity index is 0.00000243. The minimum absolute atomic E-state index is 0. The Labute approximate surface area is 172 Å². The van der Waals surface area contributed by atoms with Crippen LogP contribution in [-0.4, -0.2) is 42.0 Å². The van der Waals surface area contributed by atoms with Gasteiger partial charge < -0.3 is 4.90 Å². The summed E-state index contributed by atoms with van der Waals surface area (Å²) in [7, 11) is 0. The summed E-state index contributed by atoms with van der Waals surface area (Å²) in [4.78, 5) is 22.5. The van der Waals surface area contributed by atoms with Gasteiger partial charge in [-0.15, -0.1) is 23.7 Å². The van der Waals surface area contributed by atoms with E-state index in [1.54, 1.807) is 4.90 Å². The number of amides is 1. The van der Waals surface area contributed by atoms with Gasteiger partial charge in [-0.2, -0.15) is 0 Å². The lowest BCUT2D eigenvalue weighted by Gasteiger charge is -2.24. The van der Waals surface area contributed by atoms with E-state index in [1.807, 2.05) is 35.7 Å². The lowest BCUT2D eigenvalue weighted by Crippen LogP contribution is -2.38. The average Bonchev–Trinajstić information content (AvgIpc) is 3.27. The molecule has 0 unspecified atom stereocenters. The van der Waals surface area contributed by atoms with Crippen LogP contribution in [0.1, 0.15) is 23.5 Å². The molecule has 0 spiro atoms. The molecule has 0 saturated heterocycles. The smallest absolute Gasteiger partial charge is 0.270 e. The number of carbonyl (C=O) groups excluding carboxylic acids is 1. The Morgan fingerprint density at radius 2 is 1.96 bits per heavy atom. The van der Waals surface area contributed by atoms with E-state index in [0.29, 0.717) is 11.6 Å². The van der Waals surface area contributed by atoms with E-state index in [4.69, 9.17) is 11.6 Å². The molecule has 0 aliphatic heterocycles. The van der Waals surface area contributed by atoms with E-state index in [-0.39, 0.29) is 18.3 Å². The molecule has 140 valence electrons. The number of rotatable bonds is 7. The van der Waals surface area contributed by atoms with Gasteiger partial charge >= 0.3 is 0 Å². The summed E-state index contributed by atoms with van der Waals surface area (Å²) in [5.74, 6) is 0.00677. The fraction of sp³-hybridized carbons (Fsp3) is 0.333. The van der Waals surface area contributed by atoms with Crippen LogP contribution in [0.5, 0.6) is 0 Å². The molecule has 0 aliphatic rings. The highest BCUT2D eigenvalue weighted by Gasteiger charge is 2.22. The highest BCUT2D eigenvalue weighted by Crippen LogP contribution is 2.31. The number of anilines is 1. The van der Waals surface area contributed by atoms with Gasteiger partial charge in [-0.3, -0.25) is 9.69 Å². The maximum Gasteiger partial charge on any atom is 0.270 e. The summed E-state index contributed by atoms with van der Waals surface area (Å²) in [6.45, 7) is 7.63. The van der Waals surface area contributed by atoms with Crippen molar-refractivity contribution >= 4 is 67.9 Å². The van der Waals surface area contributed by atoms with Gasteiger partial charge in [-0.1, -0.05) is 42.9 Å². The van der Waals surface area contributed by atoms with Crippen molar-refractivity contribution in [1.82, 2.24) is 9.88 Å². The zero-order chi connectivity index (χ0) is 17.8. The summed E-state index contributed by atoms with van der Waals surface area (Å²) in [5, 5.41) is 3.33. The normalized spacial score (nSPS) is 10.9. The lowest BCUT2D eigenvalue weighted by atomic mass is 10.3. The SMILES string of the molecule is CCN(CC)CCN(C(=O)c1cccs1)c1nc2ccc(Cl)cc2s1.Cl. The molecular weight excluding hydrogens is 409 g/mol. The monoisotopic (exact) mass is 429 g/mol. The number of aromatic nitrogens is 1. The highest BCUT2D eigenvalue weighted by molar-refractivity contribution is 7.22. The fourth-order valence-corrected chi connectivity index (χ4v) is 4.54. The number of hydrogen-bond acceptors (Lipinski definition) is 5. The van der Waals surface area contributed by atoms with E-state index in [2.05, 4.69) is 23.7 Å². The molecule has 8 heteroatoms. The third-order valence-electron chi connectivity index (χ3n) is 4.08. The van der Waals surface area contributed by atoms with Crippen LogP contribution in [0.15, 0.2) is 35.7 Å². The van der Waals surface area contributed by atoms with Crippen molar-refractivity contribution in [3.63, 3.8) is 0 Å². The number of nitrogens with zero attached hydrogens (tertiary/aromatic N) is 3. The fourth-order valence-electron chi connectivity index (χ4n) is 2.60. The van der Waals surface area contributed by atoms with Crippen LogP contribution in [0.4, 0.5) is 5.13 Å². The first-order valence-electron chi connectivity index (χ1n) is 8.26. The molecule has 0 fully saturated rings. The Kier molecular flexibility index (Phi) is 7.85. The van der Waals surface area contributed by atoms with Gasteiger partial charge in [-0.25, -0.2) is 4.98 Å². The van der Waals surface area contributed by atoms with Crippen molar-refractivity contribution in [3.05, 3.63) is 45.6 Å². The van der Waals surface area contributed by atoms with Crippen molar-refractivity contribution in [2.75, 3.05) is 31.1 Å². The summed E-state index contributed by atoms with van der Waals surface area (Å²) in [6, 6.07) is 9.39. The molecule has 4 nitrogen and oxygen atoms in total. The number of fused-ring (bicyclic) bond motifs is 1. The lowest BCUT2D eigenvalue weighted by molar-refractivity contribution is 0.0987. The van der Waals surface area contributed by atoms with E-state index in [1.165, 1.54) is 22.7 Å². The first-order chi connectivity index (χ1) is 12.1. The average molecular weight is 430 g/mol. The minimum Gasteiger partial charge on any atom is -0.302 e. The number of thiophene rings is 1. The van der Waals surface area contributed by atoms with Crippen LogP contribution in [0, 0.1) is 0 Å². The second-order valence-electron chi connectivity index (χ2n) is 5.57. The molecule has 2 heterocycles. The standard InChI is InChI=1S/C18H20ClN3OS2.ClH/c1-3-21(4-2)9-10-22(17(23)15-6-5-11-24-15)18-20-14-8-7-13(19)12-16(14)25-18;/h5-8,11-12H,3-4,9-10H2,1-2H3;1H. The van der Waals surface area contributed by atoms with Gasteiger partial charge in [0, 0.05) is 18.1 Å². The largest absolute Gasteiger partial charge is 0.302 e. The molecule has 26 heavy (non-hydrogen) atoms. The number of thiazole rings is 1. The molecular formula is C18H21Cl2N3OS2.